The third-order valence-electron chi connectivity index (χ3n) is 3.19. The van der Waals surface area contributed by atoms with Crippen molar-refractivity contribution in [3.05, 3.63) is 34.4 Å². The van der Waals surface area contributed by atoms with Crippen molar-refractivity contribution in [2.45, 2.75) is 6.42 Å². The Morgan fingerprint density at radius 2 is 2.14 bits per heavy atom. The zero-order chi connectivity index (χ0) is 15.2. The van der Waals surface area contributed by atoms with Crippen molar-refractivity contribution >= 4 is 23.2 Å². The number of hydrogen-bond acceptors (Lipinski definition) is 5. The van der Waals surface area contributed by atoms with Crippen LogP contribution in [-0.4, -0.2) is 36.4 Å². The summed E-state index contributed by atoms with van der Waals surface area (Å²) < 4.78 is 0. The van der Waals surface area contributed by atoms with Crippen LogP contribution in [0.5, 0.6) is 0 Å². The van der Waals surface area contributed by atoms with E-state index in [-0.39, 0.29) is 29.8 Å². The van der Waals surface area contributed by atoms with Crippen molar-refractivity contribution in [3.8, 4) is 0 Å². The minimum atomic E-state index is -0.462. The van der Waals surface area contributed by atoms with Gasteiger partial charge in [0.05, 0.1) is 10.8 Å². The van der Waals surface area contributed by atoms with E-state index >= 15 is 0 Å². The molecule has 0 unspecified atom stereocenters. The molecule has 8 nitrogen and oxygen atoms in total. The lowest BCUT2D eigenvalue weighted by molar-refractivity contribution is -0.384. The Morgan fingerprint density at radius 1 is 1.38 bits per heavy atom. The van der Waals surface area contributed by atoms with E-state index in [2.05, 4.69) is 16.0 Å². The van der Waals surface area contributed by atoms with Crippen LogP contribution in [0.3, 0.4) is 0 Å². The average Bonchev–Trinajstić information content (AvgIpc) is 2.90. The molecule has 1 fully saturated rings. The molecular formula is C13H16N4O4. The molecule has 112 valence electrons. The maximum Gasteiger partial charge on any atom is 0.292 e. The van der Waals surface area contributed by atoms with Crippen LogP contribution >= 0.6 is 0 Å². The second kappa shape index (κ2) is 6.69. The molecule has 1 aliphatic rings. The number of nitro groups is 1. The van der Waals surface area contributed by atoms with Crippen LogP contribution < -0.4 is 16.0 Å². The molecule has 21 heavy (non-hydrogen) atoms. The second-order valence-corrected chi connectivity index (χ2v) is 4.70. The first-order chi connectivity index (χ1) is 10.1. The summed E-state index contributed by atoms with van der Waals surface area (Å²) in [6.45, 7) is 1.06. The van der Waals surface area contributed by atoms with Gasteiger partial charge in [-0.3, -0.25) is 19.7 Å². The smallest absolute Gasteiger partial charge is 0.292 e. The number of benzene rings is 1. The zero-order valence-corrected chi connectivity index (χ0v) is 11.3. The summed E-state index contributed by atoms with van der Waals surface area (Å²) in [6.07, 6.45) is 0.212. The summed E-state index contributed by atoms with van der Waals surface area (Å²) in [7, 11) is 0. The van der Waals surface area contributed by atoms with E-state index in [1.54, 1.807) is 18.2 Å². The van der Waals surface area contributed by atoms with Crippen molar-refractivity contribution in [1.29, 1.82) is 0 Å². The van der Waals surface area contributed by atoms with Crippen LogP contribution in [0, 0.1) is 16.0 Å². The van der Waals surface area contributed by atoms with Crippen LogP contribution in [0.1, 0.15) is 6.42 Å². The van der Waals surface area contributed by atoms with Gasteiger partial charge in [0.1, 0.15) is 5.69 Å². The largest absolute Gasteiger partial charge is 0.378 e. The first-order valence-corrected chi connectivity index (χ1v) is 6.59. The molecule has 3 N–H and O–H groups in total. The predicted molar refractivity (Wildman–Crippen MR) is 75.7 cm³/mol. The summed E-state index contributed by atoms with van der Waals surface area (Å²) in [5.41, 5.74) is 0.406. The molecular weight excluding hydrogens is 276 g/mol. The fourth-order valence-electron chi connectivity index (χ4n) is 2.10. The lowest BCUT2D eigenvalue weighted by Crippen LogP contribution is -2.35. The highest BCUT2D eigenvalue weighted by atomic mass is 16.6. The molecule has 1 aromatic carbocycles. The number of carbonyl (C=O) groups is 2. The van der Waals surface area contributed by atoms with Gasteiger partial charge in [-0.15, -0.1) is 0 Å². The molecule has 0 bridgehead atoms. The second-order valence-electron chi connectivity index (χ2n) is 4.70. The number of anilines is 1. The summed E-state index contributed by atoms with van der Waals surface area (Å²) in [5.74, 6) is -0.630. The zero-order valence-electron chi connectivity index (χ0n) is 11.3. The van der Waals surface area contributed by atoms with Gasteiger partial charge in [-0.1, -0.05) is 12.1 Å². The van der Waals surface area contributed by atoms with E-state index in [0.29, 0.717) is 25.3 Å². The van der Waals surface area contributed by atoms with Crippen LogP contribution in [-0.2, 0) is 9.59 Å². The van der Waals surface area contributed by atoms with Crippen LogP contribution in [0.4, 0.5) is 11.4 Å². The van der Waals surface area contributed by atoms with Gasteiger partial charge in [0.15, 0.2) is 0 Å². The summed E-state index contributed by atoms with van der Waals surface area (Å²) in [4.78, 5) is 33.1. The highest BCUT2D eigenvalue weighted by Crippen LogP contribution is 2.22. The summed E-state index contributed by atoms with van der Waals surface area (Å²) in [6, 6.07) is 6.31. The third kappa shape index (κ3) is 3.91. The van der Waals surface area contributed by atoms with E-state index in [4.69, 9.17) is 0 Å². The Bertz CT molecular complexity index is 561. The number of para-hydroxylation sites is 2. The normalized spacial score (nSPS) is 17.1. The molecule has 2 amide bonds. The minimum absolute atomic E-state index is 0.00517. The van der Waals surface area contributed by atoms with E-state index in [9.17, 15) is 19.7 Å². The molecule has 1 aliphatic heterocycles. The van der Waals surface area contributed by atoms with Crippen molar-refractivity contribution in [2.75, 3.05) is 25.0 Å². The maximum atomic E-state index is 11.7. The van der Waals surface area contributed by atoms with Crippen molar-refractivity contribution in [3.63, 3.8) is 0 Å². The van der Waals surface area contributed by atoms with Crippen LogP contribution in [0.15, 0.2) is 24.3 Å². The number of nitro benzene ring substituents is 1. The minimum Gasteiger partial charge on any atom is -0.378 e. The molecule has 2 rings (SSSR count). The number of rotatable bonds is 6. The summed E-state index contributed by atoms with van der Waals surface area (Å²) in [5, 5.41) is 19.0. The van der Waals surface area contributed by atoms with Gasteiger partial charge < -0.3 is 16.0 Å². The van der Waals surface area contributed by atoms with Gasteiger partial charge in [-0.05, 0) is 6.07 Å². The fraction of sp³-hybridized carbons (Fsp3) is 0.385. The monoisotopic (exact) mass is 292 g/mol. The molecule has 8 heteroatoms. The highest BCUT2D eigenvalue weighted by molar-refractivity contribution is 5.89. The maximum absolute atomic E-state index is 11.7. The molecule has 0 aliphatic carbocycles. The summed E-state index contributed by atoms with van der Waals surface area (Å²) >= 11 is 0. The lowest BCUT2D eigenvalue weighted by Gasteiger charge is -2.10. The first kappa shape index (κ1) is 14.8. The quantitative estimate of drug-likeness (QED) is 0.395. The molecule has 1 atom stereocenters. The number of carbonyl (C=O) groups excluding carboxylic acids is 2. The van der Waals surface area contributed by atoms with Gasteiger partial charge >= 0.3 is 0 Å². The van der Waals surface area contributed by atoms with Gasteiger partial charge in [-0.2, -0.15) is 0 Å². The molecule has 0 saturated carbocycles. The molecule has 0 radical (unpaired) electrons. The SMILES string of the molecule is O=C1C[C@@H](C(=O)NCCNc2ccccc2[N+](=O)[O-])CN1. The first-order valence-electron chi connectivity index (χ1n) is 6.59. The van der Waals surface area contributed by atoms with Crippen molar-refractivity contribution in [2.24, 2.45) is 5.92 Å². The van der Waals surface area contributed by atoms with Crippen LogP contribution in [0.25, 0.3) is 0 Å². The number of amides is 2. The van der Waals surface area contributed by atoms with Gasteiger partial charge in [0.2, 0.25) is 11.8 Å². The molecule has 1 heterocycles. The van der Waals surface area contributed by atoms with E-state index in [1.165, 1.54) is 6.07 Å². The van der Waals surface area contributed by atoms with Gasteiger partial charge in [-0.25, -0.2) is 0 Å². The van der Waals surface area contributed by atoms with E-state index in [1.807, 2.05) is 0 Å². The molecule has 1 saturated heterocycles. The molecule has 0 aromatic heterocycles. The Kier molecular flexibility index (Phi) is 4.70. The van der Waals surface area contributed by atoms with Crippen molar-refractivity contribution in [1.82, 2.24) is 10.6 Å². The third-order valence-corrected chi connectivity index (χ3v) is 3.19. The highest BCUT2D eigenvalue weighted by Gasteiger charge is 2.27. The topological polar surface area (TPSA) is 113 Å². The van der Waals surface area contributed by atoms with Crippen molar-refractivity contribution < 1.29 is 14.5 Å². The molecule has 0 spiro atoms. The Hall–Kier alpha value is -2.64. The van der Waals surface area contributed by atoms with Crippen LogP contribution in [0.2, 0.25) is 0 Å². The number of hydrogen-bond donors (Lipinski definition) is 3. The Morgan fingerprint density at radius 3 is 2.81 bits per heavy atom. The average molecular weight is 292 g/mol. The van der Waals surface area contributed by atoms with E-state index < -0.39 is 4.92 Å². The predicted octanol–water partition coefficient (Wildman–Crippen LogP) is 0.259. The van der Waals surface area contributed by atoms with Gasteiger partial charge in [0.25, 0.3) is 5.69 Å². The van der Waals surface area contributed by atoms with E-state index in [0.717, 1.165) is 0 Å². The fourth-order valence-corrected chi connectivity index (χ4v) is 2.10. The number of nitrogens with zero attached hydrogens (tertiary/aromatic N) is 1. The Labute approximate surface area is 121 Å². The standard InChI is InChI=1S/C13H16N4O4/c18-12-7-9(8-16-12)13(19)15-6-5-14-10-3-1-2-4-11(10)17(20)21/h1-4,9,14H,5-8H2,(H,15,19)(H,16,18)/t9-/m1/s1. The number of nitrogens with one attached hydrogen (secondary N) is 3. The lowest BCUT2D eigenvalue weighted by atomic mass is 10.1. The Balaban J connectivity index is 1.76. The molecule has 1 aromatic rings. The van der Waals surface area contributed by atoms with Gasteiger partial charge in [0, 0.05) is 32.1 Å².